The van der Waals surface area contributed by atoms with Gasteiger partial charge in [0, 0.05) is 31.4 Å². The number of fused-ring (bicyclic) bond motifs is 1. The molecule has 1 aliphatic heterocycles. The third kappa shape index (κ3) is 3.03. The number of nitrogens with zero attached hydrogens (tertiary/aromatic N) is 3. The predicted octanol–water partition coefficient (Wildman–Crippen LogP) is 2.51. The van der Waals surface area contributed by atoms with Crippen molar-refractivity contribution >= 4 is 11.5 Å². The van der Waals surface area contributed by atoms with E-state index in [4.69, 9.17) is 4.74 Å². The number of rotatable bonds is 5. The second-order valence-electron chi connectivity index (χ2n) is 6.18. The number of esters is 1. The average molecular weight is 321 g/mol. The molecule has 0 atom stereocenters. The van der Waals surface area contributed by atoms with Crippen LogP contribution in [0.15, 0.2) is 60.9 Å². The van der Waals surface area contributed by atoms with Gasteiger partial charge in [-0.2, -0.15) is 5.10 Å². The Morgan fingerprint density at radius 2 is 1.92 bits per heavy atom. The minimum Gasteiger partial charge on any atom is -0.461 e. The molecule has 0 bridgehead atoms. The molecule has 1 fully saturated rings. The number of hydrogen-bond acceptors (Lipinski definition) is 4. The van der Waals surface area contributed by atoms with Crippen molar-refractivity contribution in [2.45, 2.75) is 13.2 Å². The Morgan fingerprint density at radius 1 is 1.12 bits per heavy atom. The van der Waals surface area contributed by atoms with Crippen molar-refractivity contribution in [2.75, 3.05) is 13.1 Å². The topological polar surface area (TPSA) is 46.8 Å². The first-order chi connectivity index (χ1) is 11.8. The summed E-state index contributed by atoms with van der Waals surface area (Å²) in [5, 5.41) is 4.35. The lowest BCUT2D eigenvalue weighted by Crippen LogP contribution is -2.50. The van der Waals surface area contributed by atoms with Gasteiger partial charge in [-0.05, 0) is 17.7 Å². The third-order valence-corrected chi connectivity index (χ3v) is 4.41. The SMILES string of the molecule is O=C(OCc1ccccc1)C1CN(Cc2cnn3ccccc23)C1. The molecule has 5 nitrogen and oxygen atoms in total. The minimum atomic E-state index is -0.102. The molecule has 24 heavy (non-hydrogen) atoms. The van der Waals surface area contributed by atoms with Crippen LogP contribution in [0, 0.1) is 5.92 Å². The van der Waals surface area contributed by atoms with Crippen LogP contribution in [0.2, 0.25) is 0 Å². The Bertz CT molecular complexity index is 838. The summed E-state index contributed by atoms with van der Waals surface area (Å²) in [6, 6.07) is 15.8. The molecule has 1 aromatic carbocycles. The Balaban J connectivity index is 1.28. The minimum absolute atomic E-state index is 0.0180. The first-order valence-corrected chi connectivity index (χ1v) is 8.14. The van der Waals surface area contributed by atoms with Crippen LogP contribution in [-0.4, -0.2) is 33.6 Å². The lowest BCUT2D eigenvalue weighted by atomic mass is 9.99. The quantitative estimate of drug-likeness (QED) is 0.678. The van der Waals surface area contributed by atoms with Crippen molar-refractivity contribution in [1.82, 2.24) is 14.5 Å². The number of carbonyl (C=O) groups excluding carboxylic acids is 1. The summed E-state index contributed by atoms with van der Waals surface area (Å²) in [7, 11) is 0. The first kappa shape index (κ1) is 14.9. The van der Waals surface area contributed by atoms with Gasteiger partial charge in [0.15, 0.2) is 0 Å². The van der Waals surface area contributed by atoms with E-state index in [0.717, 1.165) is 30.7 Å². The predicted molar refractivity (Wildman–Crippen MR) is 90.2 cm³/mol. The molecule has 3 heterocycles. The number of ether oxygens (including phenoxy) is 1. The Labute approximate surface area is 140 Å². The van der Waals surface area contributed by atoms with E-state index in [-0.39, 0.29) is 11.9 Å². The third-order valence-electron chi connectivity index (χ3n) is 4.41. The molecular formula is C19H19N3O2. The zero-order valence-electron chi connectivity index (χ0n) is 13.3. The normalized spacial score (nSPS) is 15.3. The van der Waals surface area contributed by atoms with E-state index in [0.29, 0.717) is 6.61 Å². The van der Waals surface area contributed by atoms with Gasteiger partial charge in [-0.3, -0.25) is 9.69 Å². The molecule has 0 aliphatic carbocycles. The molecule has 0 saturated carbocycles. The lowest BCUT2D eigenvalue weighted by molar-refractivity contribution is -0.156. The first-order valence-electron chi connectivity index (χ1n) is 8.14. The summed E-state index contributed by atoms with van der Waals surface area (Å²) < 4.78 is 7.28. The average Bonchev–Trinajstić information content (AvgIpc) is 3.00. The molecule has 0 spiro atoms. The zero-order chi connectivity index (χ0) is 16.4. The zero-order valence-corrected chi connectivity index (χ0v) is 13.3. The fourth-order valence-corrected chi connectivity index (χ4v) is 3.04. The Morgan fingerprint density at radius 3 is 2.75 bits per heavy atom. The summed E-state index contributed by atoms with van der Waals surface area (Å²) in [5.41, 5.74) is 3.33. The second kappa shape index (κ2) is 6.45. The molecule has 2 aromatic heterocycles. The van der Waals surface area contributed by atoms with Crippen LogP contribution < -0.4 is 0 Å². The summed E-state index contributed by atoms with van der Waals surface area (Å²) in [6.45, 7) is 2.66. The van der Waals surface area contributed by atoms with Gasteiger partial charge in [-0.25, -0.2) is 4.52 Å². The molecular weight excluding hydrogens is 302 g/mol. The highest BCUT2D eigenvalue weighted by atomic mass is 16.5. The number of hydrogen-bond donors (Lipinski definition) is 0. The molecule has 4 rings (SSSR count). The van der Waals surface area contributed by atoms with Crippen LogP contribution in [-0.2, 0) is 22.7 Å². The molecule has 5 heteroatoms. The molecule has 1 saturated heterocycles. The van der Waals surface area contributed by atoms with E-state index < -0.39 is 0 Å². The molecule has 0 unspecified atom stereocenters. The van der Waals surface area contributed by atoms with Gasteiger partial charge < -0.3 is 4.74 Å². The van der Waals surface area contributed by atoms with Crippen molar-refractivity contribution in [3.05, 3.63) is 72.1 Å². The van der Waals surface area contributed by atoms with E-state index in [9.17, 15) is 4.79 Å². The van der Waals surface area contributed by atoms with Gasteiger partial charge >= 0.3 is 5.97 Å². The monoisotopic (exact) mass is 321 g/mol. The maximum absolute atomic E-state index is 12.1. The van der Waals surface area contributed by atoms with Crippen molar-refractivity contribution < 1.29 is 9.53 Å². The van der Waals surface area contributed by atoms with Crippen LogP contribution >= 0.6 is 0 Å². The van der Waals surface area contributed by atoms with Crippen LogP contribution in [0.5, 0.6) is 0 Å². The van der Waals surface area contributed by atoms with Crippen molar-refractivity contribution in [3.63, 3.8) is 0 Å². The Hall–Kier alpha value is -2.66. The van der Waals surface area contributed by atoms with Gasteiger partial charge in [0.1, 0.15) is 6.61 Å². The summed E-state index contributed by atoms with van der Waals surface area (Å²) in [6.07, 6.45) is 3.84. The summed E-state index contributed by atoms with van der Waals surface area (Å²) >= 11 is 0. The molecule has 0 radical (unpaired) electrons. The number of likely N-dealkylation sites (tertiary alicyclic amines) is 1. The number of aromatic nitrogens is 2. The van der Waals surface area contributed by atoms with Gasteiger partial charge in [0.2, 0.25) is 0 Å². The maximum atomic E-state index is 12.1. The number of benzene rings is 1. The van der Waals surface area contributed by atoms with Crippen molar-refractivity contribution in [1.29, 1.82) is 0 Å². The van der Waals surface area contributed by atoms with E-state index >= 15 is 0 Å². The van der Waals surface area contributed by atoms with Crippen LogP contribution in [0.25, 0.3) is 5.52 Å². The second-order valence-corrected chi connectivity index (χ2v) is 6.18. The van der Waals surface area contributed by atoms with E-state index in [2.05, 4.69) is 16.1 Å². The van der Waals surface area contributed by atoms with Gasteiger partial charge in [-0.1, -0.05) is 36.4 Å². The van der Waals surface area contributed by atoms with Crippen LogP contribution in [0.1, 0.15) is 11.1 Å². The van der Waals surface area contributed by atoms with Gasteiger partial charge in [0.25, 0.3) is 0 Å². The van der Waals surface area contributed by atoms with Crippen LogP contribution in [0.3, 0.4) is 0 Å². The molecule has 0 amide bonds. The standard InChI is InChI=1S/C19H19N3O2/c23-19(24-14-15-6-2-1-3-7-15)17-12-21(13-17)11-16-10-20-22-9-5-4-8-18(16)22/h1-10,17H,11-14H2. The van der Waals surface area contributed by atoms with Gasteiger partial charge in [0.05, 0.1) is 17.6 Å². The summed E-state index contributed by atoms with van der Waals surface area (Å²) in [5.74, 6) is -0.120. The highest BCUT2D eigenvalue weighted by Gasteiger charge is 2.34. The summed E-state index contributed by atoms with van der Waals surface area (Å²) in [4.78, 5) is 14.3. The fourth-order valence-electron chi connectivity index (χ4n) is 3.04. The molecule has 1 aliphatic rings. The van der Waals surface area contributed by atoms with Crippen molar-refractivity contribution in [2.24, 2.45) is 5.92 Å². The largest absolute Gasteiger partial charge is 0.461 e. The number of carbonyl (C=O) groups is 1. The van der Waals surface area contributed by atoms with Gasteiger partial charge in [-0.15, -0.1) is 0 Å². The van der Waals surface area contributed by atoms with E-state index in [1.54, 1.807) is 0 Å². The fraction of sp³-hybridized carbons (Fsp3) is 0.263. The Kier molecular flexibility index (Phi) is 4.01. The molecule has 3 aromatic rings. The lowest BCUT2D eigenvalue weighted by Gasteiger charge is -2.37. The highest BCUT2D eigenvalue weighted by Crippen LogP contribution is 2.22. The van der Waals surface area contributed by atoms with E-state index in [1.807, 2.05) is 59.4 Å². The van der Waals surface area contributed by atoms with Crippen LogP contribution in [0.4, 0.5) is 0 Å². The smallest absolute Gasteiger partial charge is 0.311 e. The van der Waals surface area contributed by atoms with Crippen molar-refractivity contribution in [3.8, 4) is 0 Å². The maximum Gasteiger partial charge on any atom is 0.311 e. The van der Waals surface area contributed by atoms with E-state index in [1.165, 1.54) is 5.56 Å². The molecule has 122 valence electrons. The molecule has 0 N–H and O–H groups in total. The number of pyridine rings is 1. The highest BCUT2D eigenvalue weighted by molar-refractivity contribution is 5.74.